The number of methoxy groups -OCH3 is 2. The number of non-ortho nitro benzene ring substituents is 1. The normalized spacial score (nSPS) is 12.6. The molecule has 1 N–H and O–H groups in total. The number of amides is 1. The Morgan fingerprint density at radius 3 is 2.38 bits per heavy atom. The number of nitro groups is 1. The van der Waals surface area contributed by atoms with E-state index in [1.54, 1.807) is 6.92 Å². The first-order valence-corrected chi connectivity index (χ1v) is 7.01. The van der Waals surface area contributed by atoms with Crippen LogP contribution in [0.25, 0.3) is 0 Å². The Morgan fingerprint density at radius 2 is 1.83 bits per heavy atom. The summed E-state index contributed by atoms with van der Waals surface area (Å²) in [6.45, 7) is 1.54. The van der Waals surface area contributed by atoms with Crippen LogP contribution in [0.3, 0.4) is 0 Å². The zero-order chi connectivity index (χ0) is 18.3. The Balaban J connectivity index is 2.91. The van der Waals surface area contributed by atoms with Gasteiger partial charge in [-0.3, -0.25) is 19.7 Å². The number of benzene rings is 1. The predicted octanol–water partition coefficient (Wildman–Crippen LogP) is 1.07. The van der Waals surface area contributed by atoms with Crippen molar-refractivity contribution in [3.8, 4) is 0 Å². The maximum atomic E-state index is 12.2. The molecule has 130 valence electrons. The molecule has 2 atom stereocenters. The molecule has 0 saturated heterocycles. The number of rotatable bonds is 7. The SMILES string of the molecule is COC(=O)[C@H](C)C[C@H](NC(=O)c1cccc([N+](=O)[O-])c1)C(=O)OC. The Kier molecular flexibility index (Phi) is 6.84. The van der Waals surface area contributed by atoms with Gasteiger partial charge in [-0.15, -0.1) is 0 Å². The lowest BCUT2D eigenvalue weighted by atomic mass is 10.0. The van der Waals surface area contributed by atoms with Crippen LogP contribution in [0.4, 0.5) is 5.69 Å². The molecule has 9 heteroatoms. The van der Waals surface area contributed by atoms with Crippen LogP contribution in [-0.4, -0.2) is 43.0 Å². The average Bonchev–Trinajstić information content (AvgIpc) is 2.59. The molecular weight excluding hydrogens is 320 g/mol. The Bertz CT molecular complexity index is 644. The predicted molar refractivity (Wildman–Crippen MR) is 82.2 cm³/mol. The van der Waals surface area contributed by atoms with E-state index in [-0.39, 0.29) is 17.7 Å². The van der Waals surface area contributed by atoms with Gasteiger partial charge in [0, 0.05) is 17.7 Å². The molecule has 0 spiro atoms. The van der Waals surface area contributed by atoms with Crippen molar-refractivity contribution in [3.05, 3.63) is 39.9 Å². The van der Waals surface area contributed by atoms with Gasteiger partial charge in [-0.2, -0.15) is 0 Å². The van der Waals surface area contributed by atoms with Gasteiger partial charge in [-0.05, 0) is 12.5 Å². The maximum Gasteiger partial charge on any atom is 0.328 e. The van der Waals surface area contributed by atoms with Gasteiger partial charge in [0.15, 0.2) is 0 Å². The minimum absolute atomic E-state index is 0.0174. The lowest BCUT2D eigenvalue weighted by Gasteiger charge is -2.19. The van der Waals surface area contributed by atoms with Crippen molar-refractivity contribution in [2.75, 3.05) is 14.2 Å². The quantitative estimate of drug-likeness (QED) is 0.448. The molecular formula is C15H18N2O7. The third-order valence-electron chi connectivity index (χ3n) is 3.30. The first-order valence-electron chi connectivity index (χ1n) is 7.01. The van der Waals surface area contributed by atoms with Crippen LogP contribution in [-0.2, 0) is 19.1 Å². The van der Waals surface area contributed by atoms with Crippen molar-refractivity contribution in [1.29, 1.82) is 0 Å². The molecule has 0 heterocycles. The van der Waals surface area contributed by atoms with Crippen molar-refractivity contribution in [2.24, 2.45) is 5.92 Å². The highest BCUT2D eigenvalue weighted by Gasteiger charge is 2.28. The van der Waals surface area contributed by atoms with Crippen molar-refractivity contribution in [3.63, 3.8) is 0 Å². The van der Waals surface area contributed by atoms with E-state index in [2.05, 4.69) is 14.8 Å². The summed E-state index contributed by atoms with van der Waals surface area (Å²) in [7, 11) is 2.37. The number of esters is 2. The van der Waals surface area contributed by atoms with Gasteiger partial charge in [0.2, 0.25) is 0 Å². The second-order valence-electron chi connectivity index (χ2n) is 5.02. The molecule has 0 aromatic heterocycles. The number of nitro benzene ring substituents is 1. The Labute approximate surface area is 138 Å². The molecule has 0 bridgehead atoms. The van der Waals surface area contributed by atoms with E-state index in [1.807, 2.05) is 0 Å². The van der Waals surface area contributed by atoms with Crippen LogP contribution in [0.2, 0.25) is 0 Å². The van der Waals surface area contributed by atoms with Gasteiger partial charge >= 0.3 is 11.9 Å². The fourth-order valence-electron chi connectivity index (χ4n) is 2.01. The van der Waals surface area contributed by atoms with E-state index in [1.165, 1.54) is 25.3 Å². The summed E-state index contributed by atoms with van der Waals surface area (Å²) in [4.78, 5) is 45.6. The number of nitrogens with one attached hydrogen (secondary N) is 1. The lowest BCUT2D eigenvalue weighted by molar-refractivity contribution is -0.384. The zero-order valence-corrected chi connectivity index (χ0v) is 13.5. The second kappa shape index (κ2) is 8.61. The van der Waals surface area contributed by atoms with Gasteiger partial charge in [-0.25, -0.2) is 4.79 Å². The lowest BCUT2D eigenvalue weighted by Crippen LogP contribution is -2.43. The number of carbonyl (C=O) groups excluding carboxylic acids is 3. The van der Waals surface area contributed by atoms with E-state index in [0.717, 1.165) is 13.2 Å². The number of ether oxygens (including phenoxy) is 2. The van der Waals surface area contributed by atoms with Crippen molar-refractivity contribution in [2.45, 2.75) is 19.4 Å². The molecule has 0 aliphatic heterocycles. The van der Waals surface area contributed by atoms with Crippen LogP contribution >= 0.6 is 0 Å². The van der Waals surface area contributed by atoms with E-state index in [9.17, 15) is 24.5 Å². The van der Waals surface area contributed by atoms with E-state index >= 15 is 0 Å². The number of nitrogens with zero attached hydrogens (tertiary/aromatic N) is 1. The van der Waals surface area contributed by atoms with Gasteiger partial charge in [0.1, 0.15) is 6.04 Å². The molecule has 0 fully saturated rings. The summed E-state index contributed by atoms with van der Waals surface area (Å²) in [5.74, 6) is -2.60. The third-order valence-corrected chi connectivity index (χ3v) is 3.30. The van der Waals surface area contributed by atoms with Crippen LogP contribution in [0.1, 0.15) is 23.7 Å². The molecule has 0 unspecified atom stereocenters. The van der Waals surface area contributed by atoms with E-state index in [0.29, 0.717) is 0 Å². The molecule has 9 nitrogen and oxygen atoms in total. The number of hydrogen-bond acceptors (Lipinski definition) is 7. The summed E-state index contributed by atoms with van der Waals surface area (Å²) < 4.78 is 9.19. The highest BCUT2D eigenvalue weighted by atomic mass is 16.6. The topological polar surface area (TPSA) is 125 Å². The molecule has 0 aliphatic rings. The van der Waals surface area contributed by atoms with Crippen LogP contribution in [0.15, 0.2) is 24.3 Å². The Hall–Kier alpha value is -2.97. The minimum atomic E-state index is -1.09. The highest BCUT2D eigenvalue weighted by molar-refractivity contribution is 5.97. The minimum Gasteiger partial charge on any atom is -0.469 e. The van der Waals surface area contributed by atoms with Crippen molar-refractivity contribution < 1.29 is 28.8 Å². The van der Waals surface area contributed by atoms with Crippen LogP contribution in [0, 0.1) is 16.0 Å². The molecule has 0 radical (unpaired) electrons. The van der Waals surface area contributed by atoms with Gasteiger partial charge in [0.05, 0.1) is 25.1 Å². The van der Waals surface area contributed by atoms with E-state index < -0.39 is 34.7 Å². The second-order valence-corrected chi connectivity index (χ2v) is 5.02. The number of carbonyl (C=O) groups is 3. The van der Waals surface area contributed by atoms with E-state index in [4.69, 9.17) is 0 Å². The molecule has 0 aliphatic carbocycles. The molecule has 24 heavy (non-hydrogen) atoms. The highest BCUT2D eigenvalue weighted by Crippen LogP contribution is 2.14. The fraction of sp³-hybridized carbons (Fsp3) is 0.400. The van der Waals surface area contributed by atoms with Gasteiger partial charge in [0.25, 0.3) is 11.6 Å². The smallest absolute Gasteiger partial charge is 0.328 e. The summed E-state index contributed by atoms with van der Waals surface area (Å²) >= 11 is 0. The Morgan fingerprint density at radius 1 is 1.21 bits per heavy atom. The van der Waals surface area contributed by atoms with Crippen LogP contribution < -0.4 is 5.32 Å². The maximum absolute atomic E-state index is 12.2. The first-order chi connectivity index (χ1) is 11.3. The van der Waals surface area contributed by atoms with Crippen molar-refractivity contribution >= 4 is 23.5 Å². The molecule has 0 saturated carbocycles. The fourth-order valence-corrected chi connectivity index (χ4v) is 2.01. The van der Waals surface area contributed by atoms with Gasteiger partial charge < -0.3 is 14.8 Å². The first kappa shape index (κ1) is 19.1. The molecule has 1 amide bonds. The van der Waals surface area contributed by atoms with Crippen molar-refractivity contribution in [1.82, 2.24) is 5.32 Å². The largest absolute Gasteiger partial charge is 0.469 e. The summed E-state index contributed by atoms with van der Waals surface area (Å²) in [5, 5.41) is 13.2. The molecule has 1 rings (SSSR count). The van der Waals surface area contributed by atoms with Crippen LogP contribution in [0.5, 0.6) is 0 Å². The zero-order valence-electron chi connectivity index (χ0n) is 13.5. The standard InChI is InChI=1S/C15H18N2O7/c1-9(14(19)23-2)7-12(15(20)24-3)16-13(18)10-5-4-6-11(8-10)17(21)22/h4-6,8-9,12H,7H2,1-3H3,(H,16,18)/t9-,12+/m1/s1. The van der Waals surface area contributed by atoms with Gasteiger partial charge in [-0.1, -0.05) is 13.0 Å². The molecule has 1 aromatic rings. The summed E-state index contributed by atoms with van der Waals surface area (Å²) in [6.07, 6.45) is -0.0278. The third kappa shape index (κ3) is 5.04. The summed E-state index contributed by atoms with van der Waals surface area (Å²) in [6, 6.07) is 3.98. The molecule has 1 aromatic carbocycles. The average molecular weight is 338 g/mol. The monoisotopic (exact) mass is 338 g/mol. The number of hydrogen-bond donors (Lipinski definition) is 1. The summed E-state index contributed by atoms with van der Waals surface area (Å²) in [5.41, 5.74) is -0.232.